The third-order valence-corrected chi connectivity index (χ3v) is 2.99. The number of para-hydroxylation sites is 1. The van der Waals surface area contributed by atoms with Crippen molar-refractivity contribution in [1.82, 2.24) is 0 Å². The highest BCUT2D eigenvalue weighted by molar-refractivity contribution is 5.92. The molecule has 128 valence electrons. The fraction of sp³-hybridized carbons (Fsp3) is 0.235. The van der Waals surface area contributed by atoms with Gasteiger partial charge in [0.25, 0.3) is 5.91 Å². The second-order valence-electron chi connectivity index (χ2n) is 4.79. The molecule has 1 N–H and O–H groups in total. The van der Waals surface area contributed by atoms with Gasteiger partial charge < -0.3 is 14.8 Å². The summed E-state index contributed by atoms with van der Waals surface area (Å²) in [5.74, 6) is 0.284. The number of ether oxygens (including phenoxy) is 2. The molecule has 0 aliphatic carbocycles. The van der Waals surface area contributed by atoms with Gasteiger partial charge in [-0.05, 0) is 31.2 Å². The van der Waals surface area contributed by atoms with Gasteiger partial charge in [-0.25, -0.2) is 0 Å². The molecule has 0 heterocycles. The highest BCUT2D eigenvalue weighted by Gasteiger charge is 2.33. The van der Waals surface area contributed by atoms with E-state index in [0.29, 0.717) is 18.1 Å². The van der Waals surface area contributed by atoms with Gasteiger partial charge in [0.05, 0.1) is 17.9 Å². The summed E-state index contributed by atoms with van der Waals surface area (Å²) in [6, 6.07) is 11.4. The van der Waals surface area contributed by atoms with Crippen LogP contribution in [0, 0.1) is 0 Å². The van der Waals surface area contributed by atoms with Crippen LogP contribution >= 0.6 is 0 Å². The average Bonchev–Trinajstić information content (AvgIpc) is 2.53. The van der Waals surface area contributed by atoms with Crippen molar-refractivity contribution in [3.63, 3.8) is 0 Å². The Bertz CT molecular complexity index is 701. The number of carbonyl (C=O) groups excluding carboxylic acids is 1. The van der Waals surface area contributed by atoms with E-state index in [4.69, 9.17) is 9.47 Å². The van der Waals surface area contributed by atoms with E-state index in [9.17, 15) is 18.0 Å². The molecule has 2 aromatic carbocycles. The van der Waals surface area contributed by atoms with Crippen molar-refractivity contribution in [1.29, 1.82) is 0 Å². The van der Waals surface area contributed by atoms with Crippen LogP contribution in [0.25, 0.3) is 0 Å². The lowest BCUT2D eigenvalue weighted by Crippen LogP contribution is -2.22. The Balaban J connectivity index is 1.98. The maximum atomic E-state index is 12.9. The normalized spacial score (nSPS) is 11.0. The molecule has 0 spiro atoms. The predicted molar refractivity (Wildman–Crippen MR) is 83.2 cm³/mol. The van der Waals surface area contributed by atoms with Crippen LogP contribution in [0.4, 0.5) is 18.9 Å². The lowest BCUT2D eigenvalue weighted by atomic mass is 10.1. The van der Waals surface area contributed by atoms with E-state index in [2.05, 4.69) is 5.32 Å². The summed E-state index contributed by atoms with van der Waals surface area (Å²) in [6.45, 7) is 1.90. The van der Waals surface area contributed by atoms with E-state index >= 15 is 0 Å². The number of alkyl halides is 3. The molecule has 0 aliphatic heterocycles. The molecule has 0 saturated heterocycles. The molecule has 0 unspecified atom stereocenters. The van der Waals surface area contributed by atoms with E-state index in [1.165, 1.54) is 18.2 Å². The van der Waals surface area contributed by atoms with Crippen molar-refractivity contribution in [2.45, 2.75) is 13.1 Å². The van der Waals surface area contributed by atoms with Crippen LogP contribution in [0.1, 0.15) is 12.5 Å². The molecule has 0 bridgehead atoms. The highest BCUT2D eigenvalue weighted by atomic mass is 19.4. The zero-order valence-corrected chi connectivity index (χ0v) is 12.9. The lowest BCUT2D eigenvalue weighted by molar-refractivity contribution is -0.137. The molecular weight excluding hydrogens is 323 g/mol. The van der Waals surface area contributed by atoms with E-state index in [-0.39, 0.29) is 5.69 Å². The van der Waals surface area contributed by atoms with E-state index in [1.807, 2.05) is 6.92 Å². The van der Waals surface area contributed by atoms with E-state index < -0.39 is 24.3 Å². The summed E-state index contributed by atoms with van der Waals surface area (Å²) >= 11 is 0. The zero-order valence-electron chi connectivity index (χ0n) is 12.9. The van der Waals surface area contributed by atoms with Crippen LogP contribution in [0.2, 0.25) is 0 Å². The molecule has 0 aliphatic rings. The van der Waals surface area contributed by atoms with Gasteiger partial charge in [0, 0.05) is 6.07 Å². The van der Waals surface area contributed by atoms with Gasteiger partial charge in [0.1, 0.15) is 11.5 Å². The molecule has 1 amide bonds. The van der Waals surface area contributed by atoms with Gasteiger partial charge in [-0.15, -0.1) is 0 Å². The summed E-state index contributed by atoms with van der Waals surface area (Å²) in [4.78, 5) is 11.8. The van der Waals surface area contributed by atoms with Gasteiger partial charge in [-0.1, -0.05) is 18.2 Å². The largest absolute Gasteiger partial charge is 0.494 e. The molecule has 2 aromatic rings. The number of rotatable bonds is 6. The first-order valence-corrected chi connectivity index (χ1v) is 7.22. The minimum Gasteiger partial charge on any atom is -0.494 e. The number of carbonyl (C=O) groups is 1. The Labute approximate surface area is 137 Å². The summed E-state index contributed by atoms with van der Waals surface area (Å²) in [5.41, 5.74) is -1.21. The number of nitrogens with one attached hydrogen (secondary N) is 1. The molecule has 0 atom stereocenters. The minimum atomic E-state index is -4.55. The van der Waals surface area contributed by atoms with Crippen molar-refractivity contribution >= 4 is 11.6 Å². The van der Waals surface area contributed by atoms with Crippen molar-refractivity contribution in [3.05, 3.63) is 54.1 Å². The topological polar surface area (TPSA) is 47.6 Å². The first kappa shape index (κ1) is 17.7. The third-order valence-electron chi connectivity index (χ3n) is 2.99. The molecule has 0 saturated carbocycles. The molecule has 0 radical (unpaired) electrons. The number of hydrogen-bond acceptors (Lipinski definition) is 3. The molecular formula is C17H16F3NO3. The van der Waals surface area contributed by atoms with E-state index in [0.717, 1.165) is 6.07 Å². The number of hydrogen-bond donors (Lipinski definition) is 1. The number of amides is 1. The van der Waals surface area contributed by atoms with Gasteiger partial charge >= 0.3 is 6.18 Å². The maximum absolute atomic E-state index is 12.9. The van der Waals surface area contributed by atoms with Crippen molar-refractivity contribution in [2.75, 3.05) is 18.5 Å². The monoisotopic (exact) mass is 339 g/mol. The quantitative estimate of drug-likeness (QED) is 0.861. The summed E-state index contributed by atoms with van der Waals surface area (Å²) in [6.07, 6.45) is -4.55. The van der Waals surface area contributed by atoms with Crippen LogP contribution in [0.5, 0.6) is 11.5 Å². The third kappa shape index (κ3) is 4.91. The molecule has 0 fully saturated rings. The van der Waals surface area contributed by atoms with Crippen molar-refractivity contribution in [3.8, 4) is 11.5 Å². The molecule has 0 aromatic heterocycles. The Hall–Kier alpha value is -2.70. The highest BCUT2D eigenvalue weighted by Crippen LogP contribution is 2.34. The van der Waals surface area contributed by atoms with Gasteiger partial charge in [-0.3, -0.25) is 4.79 Å². The standard InChI is InChI=1S/C17H16F3NO3/c1-2-23-12-6-5-7-13(10-12)24-11-16(22)21-15-9-4-3-8-14(15)17(18,19)20/h3-10H,2,11H2,1H3,(H,21,22). The Morgan fingerprint density at radius 1 is 1.04 bits per heavy atom. The van der Waals surface area contributed by atoms with Crippen LogP contribution in [-0.4, -0.2) is 19.1 Å². The average molecular weight is 339 g/mol. The first-order chi connectivity index (χ1) is 11.4. The second-order valence-corrected chi connectivity index (χ2v) is 4.79. The van der Waals surface area contributed by atoms with Crippen molar-refractivity contribution in [2.24, 2.45) is 0 Å². The Kier molecular flexibility index (Phi) is 5.68. The van der Waals surface area contributed by atoms with Crippen LogP contribution in [0.15, 0.2) is 48.5 Å². The minimum absolute atomic E-state index is 0.304. The fourth-order valence-corrected chi connectivity index (χ4v) is 1.99. The van der Waals surface area contributed by atoms with Crippen molar-refractivity contribution < 1.29 is 27.4 Å². The zero-order chi connectivity index (χ0) is 17.6. The molecule has 2 rings (SSSR count). The SMILES string of the molecule is CCOc1cccc(OCC(=O)Nc2ccccc2C(F)(F)F)c1. The van der Waals surface area contributed by atoms with E-state index in [1.54, 1.807) is 24.3 Å². The maximum Gasteiger partial charge on any atom is 0.418 e. The Morgan fingerprint density at radius 2 is 1.71 bits per heavy atom. The molecule has 4 nitrogen and oxygen atoms in total. The predicted octanol–water partition coefficient (Wildman–Crippen LogP) is 4.12. The van der Waals surface area contributed by atoms with Crippen LogP contribution in [-0.2, 0) is 11.0 Å². The van der Waals surface area contributed by atoms with Crippen LogP contribution in [0.3, 0.4) is 0 Å². The number of benzene rings is 2. The Morgan fingerprint density at radius 3 is 2.38 bits per heavy atom. The summed E-state index contributed by atoms with van der Waals surface area (Å²) in [7, 11) is 0. The van der Waals surface area contributed by atoms with Gasteiger partial charge in [-0.2, -0.15) is 13.2 Å². The second kappa shape index (κ2) is 7.72. The number of anilines is 1. The summed E-state index contributed by atoms with van der Waals surface area (Å²) < 4.78 is 49.2. The smallest absolute Gasteiger partial charge is 0.418 e. The summed E-state index contributed by atoms with van der Waals surface area (Å²) in [5, 5.41) is 2.21. The molecule has 7 heteroatoms. The number of halogens is 3. The van der Waals surface area contributed by atoms with Crippen LogP contribution < -0.4 is 14.8 Å². The van der Waals surface area contributed by atoms with Gasteiger partial charge in [0.15, 0.2) is 6.61 Å². The first-order valence-electron chi connectivity index (χ1n) is 7.22. The fourth-order valence-electron chi connectivity index (χ4n) is 1.99. The lowest BCUT2D eigenvalue weighted by Gasteiger charge is -2.14. The molecule has 24 heavy (non-hydrogen) atoms. The van der Waals surface area contributed by atoms with Gasteiger partial charge in [0.2, 0.25) is 0 Å².